The van der Waals surface area contributed by atoms with E-state index in [9.17, 15) is 9.59 Å². The quantitative estimate of drug-likeness (QED) is 0.560. The summed E-state index contributed by atoms with van der Waals surface area (Å²) in [5, 5.41) is 8.77. The van der Waals surface area contributed by atoms with Gasteiger partial charge in [0.2, 0.25) is 0 Å². The maximum atomic E-state index is 12.0. The van der Waals surface area contributed by atoms with Crippen LogP contribution in [0.25, 0.3) is 11.0 Å². The third-order valence-corrected chi connectivity index (χ3v) is 3.39. The number of hydrogen-bond donors (Lipinski definition) is 2. The minimum atomic E-state index is -1.14. The molecule has 1 heterocycles. The Morgan fingerprint density at radius 2 is 1.82 bits per heavy atom. The number of carboxylic acid groups (broad SMARTS) is 1. The van der Waals surface area contributed by atoms with E-state index in [-0.39, 0.29) is 0 Å². The van der Waals surface area contributed by atoms with Crippen molar-refractivity contribution in [1.82, 2.24) is 9.97 Å². The van der Waals surface area contributed by atoms with Crippen LogP contribution in [0.4, 0.5) is 0 Å². The average molecular weight is 294 g/mol. The molecule has 3 aromatic rings. The molecule has 0 aliphatic heterocycles. The van der Waals surface area contributed by atoms with Gasteiger partial charge in [-0.05, 0) is 17.7 Å². The van der Waals surface area contributed by atoms with E-state index in [1.54, 1.807) is 12.1 Å². The smallest absolute Gasteiger partial charge is 0.311 e. The van der Waals surface area contributed by atoms with Crippen LogP contribution in [0.15, 0.2) is 48.5 Å². The number of carboxylic acids is 1. The van der Waals surface area contributed by atoms with Crippen molar-refractivity contribution in [3.63, 3.8) is 0 Å². The Morgan fingerprint density at radius 3 is 2.55 bits per heavy atom. The zero-order valence-corrected chi connectivity index (χ0v) is 11.7. The molecule has 0 bridgehead atoms. The minimum Gasteiger partial charge on any atom is -0.481 e. The number of benzene rings is 2. The van der Waals surface area contributed by atoms with E-state index in [1.807, 2.05) is 36.4 Å². The van der Waals surface area contributed by atoms with Crippen LogP contribution in [0.5, 0.6) is 0 Å². The molecule has 0 atom stereocenters. The monoisotopic (exact) mass is 294 g/mol. The molecular formula is C17H14N2O3. The first-order valence-electron chi connectivity index (χ1n) is 6.90. The molecule has 0 unspecified atom stereocenters. The van der Waals surface area contributed by atoms with E-state index in [1.165, 1.54) is 0 Å². The van der Waals surface area contributed by atoms with E-state index in [0.717, 1.165) is 16.9 Å². The molecule has 5 nitrogen and oxygen atoms in total. The molecule has 0 aliphatic rings. The lowest BCUT2D eigenvalue weighted by molar-refractivity contribution is -0.135. The van der Waals surface area contributed by atoms with Crippen molar-refractivity contribution in [2.45, 2.75) is 12.8 Å². The summed E-state index contributed by atoms with van der Waals surface area (Å²) in [4.78, 5) is 30.4. The lowest BCUT2D eigenvalue weighted by Crippen LogP contribution is -2.07. The Hall–Kier alpha value is -2.95. The highest BCUT2D eigenvalue weighted by molar-refractivity contribution is 6.11. The number of carbonyl (C=O) groups is 2. The number of imidazole rings is 1. The van der Waals surface area contributed by atoms with Crippen LogP contribution in [0.3, 0.4) is 0 Å². The van der Waals surface area contributed by atoms with Crippen molar-refractivity contribution in [2.75, 3.05) is 0 Å². The van der Waals surface area contributed by atoms with Gasteiger partial charge in [-0.1, -0.05) is 36.4 Å². The highest BCUT2D eigenvalue weighted by Crippen LogP contribution is 2.19. The molecule has 5 heteroatoms. The number of nitrogens with zero attached hydrogens (tertiary/aromatic N) is 1. The number of nitrogens with one attached hydrogen (secondary N) is 1. The zero-order chi connectivity index (χ0) is 15.5. The number of aromatic amines is 1. The van der Waals surface area contributed by atoms with E-state index >= 15 is 0 Å². The van der Waals surface area contributed by atoms with Gasteiger partial charge in [-0.2, -0.15) is 0 Å². The number of ketones is 1. The van der Waals surface area contributed by atoms with Gasteiger partial charge in [0.1, 0.15) is 12.2 Å². The van der Waals surface area contributed by atoms with Crippen molar-refractivity contribution >= 4 is 22.8 Å². The number of hydrogen-bond acceptors (Lipinski definition) is 3. The van der Waals surface area contributed by atoms with Crippen molar-refractivity contribution in [3.8, 4) is 0 Å². The number of H-pyrrole nitrogens is 1. The molecule has 110 valence electrons. The van der Waals surface area contributed by atoms with Gasteiger partial charge in [0.25, 0.3) is 0 Å². The molecule has 0 saturated carbocycles. The predicted octanol–water partition coefficient (Wildman–Crippen LogP) is 2.81. The van der Waals surface area contributed by atoms with Crippen LogP contribution in [0, 0.1) is 0 Å². The standard InChI is InChI=1S/C17H14N2O3/c20-14(10-16(21)22)12-7-4-8-13-17(12)19-15(18-13)9-11-5-2-1-3-6-11/h1-8H,9-10H2,(H,18,19)(H,21,22). The van der Waals surface area contributed by atoms with Gasteiger partial charge in [0.15, 0.2) is 5.78 Å². The molecule has 0 aliphatic carbocycles. The fourth-order valence-electron chi connectivity index (χ4n) is 2.41. The largest absolute Gasteiger partial charge is 0.481 e. The second kappa shape index (κ2) is 5.81. The minimum absolute atomic E-state index is 0.343. The van der Waals surface area contributed by atoms with Crippen LogP contribution < -0.4 is 0 Å². The van der Waals surface area contributed by atoms with E-state index in [0.29, 0.717) is 17.5 Å². The number of Topliss-reactive ketones (excluding diaryl/α,β-unsaturated/α-hetero) is 1. The normalized spacial score (nSPS) is 10.7. The third-order valence-electron chi connectivity index (χ3n) is 3.39. The average Bonchev–Trinajstić information content (AvgIpc) is 2.89. The number of aliphatic carboxylic acids is 1. The maximum absolute atomic E-state index is 12.0. The van der Waals surface area contributed by atoms with Gasteiger partial charge in [0, 0.05) is 12.0 Å². The molecule has 0 spiro atoms. The summed E-state index contributed by atoms with van der Waals surface area (Å²) in [6, 6.07) is 15.0. The fourth-order valence-corrected chi connectivity index (χ4v) is 2.41. The predicted molar refractivity (Wildman–Crippen MR) is 81.9 cm³/mol. The SMILES string of the molecule is O=C(O)CC(=O)c1cccc2[nH]c(Cc3ccccc3)nc12. The molecule has 0 radical (unpaired) electrons. The Balaban J connectivity index is 1.96. The maximum Gasteiger partial charge on any atom is 0.311 e. The number of fused-ring (bicyclic) bond motifs is 1. The van der Waals surface area contributed by atoms with Crippen LogP contribution in [-0.2, 0) is 11.2 Å². The molecule has 1 aromatic heterocycles. The van der Waals surface area contributed by atoms with Gasteiger partial charge in [-0.25, -0.2) is 4.98 Å². The Bertz CT molecular complexity index is 837. The fraction of sp³-hybridized carbons (Fsp3) is 0.118. The molecule has 22 heavy (non-hydrogen) atoms. The summed E-state index contributed by atoms with van der Waals surface area (Å²) < 4.78 is 0. The molecule has 2 N–H and O–H groups in total. The van der Waals surface area contributed by atoms with Crippen LogP contribution in [0.1, 0.15) is 28.2 Å². The molecular weight excluding hydrogens is 280 g/mol. The molecule has 0 amide bonds. The first kappa shape index (κ1) is 14.0. The van der Waals surface area contributed by atoms with Crippen molar-refractivity contribution in [1.29, 1.82) is 0 Å². The summed E-state index contributed by atoms with van der Waals surface area (Å²) in [5.74, 6) is -0.824. The highest BCUT2D eigenvalue weighted by atomic mass is 16.4. The summed E-state index contributed by atoms with van der Waals surface area (Å²) in [7, 11) is 0. The number of para-hydroxylation sites is 1. The van der Waals surface area contributed by atoms with Crippen molar-refractivity contribution in [2.24, 2.45) is 0 Å². The summed E-state index contributed by atoms with van der Waals surface area (Å²) in [6.45, 7) is 0. The lowest BCUT2D eigenvalue weighted by Gasteiger charge is -1.98. The summed E-state index contributed by atoms with van der Waals surface area (Å²) in [5.41, 5.74) is 2.72. The topological polar surface area (TPSA) is 83.0 Å². The van der Waals surface area contributed by atoms with Gasteiger partial charge in [0.05, 0.1) is 11.0 Å². The first-order chi connectivity index (χ1) is 10.6. The second-order valence-corrected chi connectivity index (χ2v) is 5.04. The molecule has 2 aromatic carbocycles. The Labute approximate surface area is 126 Å². The van der Waals surface area contributed by atoms with Crippen LogP contribution >= 0.6 is 0 Å². The summed E-state index contributed by atoms with van der Waals surface area (Å²) >= 11 is 0. The van der Waals surface area contributed by atoms with Gasteiger partial charge in [-0.3, -0.25) is 9.59 Å². The van der Waals surface area contributed by atoms with Gasteiger partial charge < -0.3 is 10.1 Å². The molecule has 3 rings (SSSR count). The van der Waals surface area contributed by atoms with Crippen molar-refractivity contribution in [3.05, 3.63) is 65.5 Å². The third kappa shape index (κ3) is 2.88. The van der Waals surface area contributed by atoms with Crippen LogP contribution in [-0.4, -0.2) is 26.8 Å². The zero-order valence-electron chi connectivity index (χ0n) is 11.7. The number of rotatable bonds is 5. The molecule has 0 fully saturated rings. The van der Waals surface area contributed by atoms with Gasteiger partial charge in [-0.15, -0.1) is 0 Å². The number of aromatic nitrogens is 2. The van der Waals surface area contributed by atoms with E-state index in [4.69, 9.17) is 5.11 Å². The Morgan fingerprint density at radius 1 is 1.05 bits per heavy atom. The summed E-state index contributed by atoms with van der Waals surface area (Å²) in [6.07, 6.45) is 0.0993. The highest BCUT2D eigenvalue weighted by Gasteiger charge is 2.16. The van der Waals surface area contributed by atoms with Crippen LogP contribution in [0.2, 0.25) is 0 Å². The van der Waals surface area contributed by atoms with Crippen molar-refractivity contribution < 1.29 is 14.7 Å². The Kier molecular flexibility index (Phi) is 3.70. The first-order valence-corrected chi connectivity index (χ1v) is 6.90. The van der Waals surface area contributed by atoms with E-state index in [2.05, 4.69) is 9.97 Å². The number of carbonyl (C=O) groups excluding carboxylic acids is 1. The lowest BCUT2D eigenvalue weighted by atomic mass is 10.1. The van der Waals surface area contributed by atoms with Gasteiger partial charge >= 0.3 is 5.97 Å². The molecule has 0 saturated heterocycles. The van der Waals surface area contributed by atoms with E-state index < -0.39 is 18.2 Å². The second-order valence-electron chi connectivity index (χ2n) is 5.04.